The van der Waals surface area contributed by atoms with Gasteiger partial charge in [0.1, 0.15) is 0 Å². The second-order valence-electron chi connectivity index (χ2n) is 5.45. The quantitative estimate of drug-likeness (QED) is 0.686. The van der Waals surface area contributed by atoms with Crippen molar-refractivity contribution in [2.45, 2.75) is 64.5 Å². The number of hydrogen-bond acceptors (Lipinski definition) is 2. The molecule has 1 N–H and O–H groups in total. The Hall–Kier alpha value is -0.0800. The monoisotopic (exact) mass is 225 g/mol. The van der Waals surface area contributed by atoms with Crippen LogP contribution in [0.5, 0.6) is 0 Å². The first-order valence-corrected chi connectivity index (χ1v) is 7.20. The van der Waals surface area contributed by atoms with Crippen molar-refractivity contribution in [2.24, 2.45) is 11.8 Å². The van der Waals surface area contributed by atoms with Gasteiger partial charge >= 0.3 is 0 Å². The molecule has 0 heterocycles. The Balaban J connectivity index is 1.85. The molecule has 0 saturated heterocycles. The molecule has 0 aliphatic heterocycles. The zero-order chi connectivity index (χ0) is 11.4. The summed E-state index contributed by atoms with van der Waals surface area (Å²) in [5.74, 6) is 1.83. The van der Waals surface area contributed by atoms with Crippen LogP contribution in [-0.2, 0) is 4.74 Å². The minimum absolute atomic E-state index is 0.491. The van der Waals surface area contributed by atoms with Crippen LogP contribution in [0.2, 0.25) is 0 Å². The maximum Gasteiger partial charge on any atom is 0.0756 e. The van der Waals surface area contributed by atoms with E-state index in [0.29, 0.717) is 12.1 Å². The Morgan fingerprint density at radius 1 is 1.19 bits per heavy atom. The van der Waals surface area contributed by atoms with Gasteiger partial charge in [-0.25, -0.2) is 0 Å². The highest BCUT2D eigenvalue weighted by atomic mass is 16.5. The van der Waals surface area contributed by atoms with Crippen LogP contribution >= 0.6 is 0 Å². The number of likely N-dealkylation sites (N-methyl/N-ethyl adjacent to an activating group) is 1. The van der Waals surface area contributed by atoms with Gasteiger partial charge in [-0.3, -0.25) is 0 Å². The van der Waals surface area contributed by atoms with E-state index in [0.717, 1.165) is 25.0 Å². The van der Waals surface area contributed by atoms with Crippen molar-refractivity contribution in [2.75, 3.05) is 13.2 Å². The molecule has 0 aromatic heterocycles. The first-order chi connectivity index (χ1) is 7.85. The van der Waals surface area contributed by atoms with E-state index in [1.807, 2.05) is 0 Å². The third-order valence-electron chi connectivity index (χ3n) is 4.12. The van der Waals surface area contributed by atoms with Crippen molar-refractivity contribution in [3.63, 3.8) is 0 Å². The highest BCUT2D eigenvalue weighted by Gasteiger charge is 2.38. The molecule has 0 bridgehead atoms. The first kappa shape index (κ1) is 12.4. The Morgan fingerprint density at radius 2 is 1.94 bits per heavy atom. The fourth-order valence-corrected chi connectivity index (χ4v) is 2.88. The van der Waals surface area contributed by atoms with Crippen LogP contribution in [0.15, 0.2) is 0 Å². The van der Waals surface area contributed by atoms with E-state index in [4.69, 9.17) is 4.74 Å². The zero-order valence-corrected chi connectivity index (χ0v) is 10.9. The topological polar surface area (TPSA) is 21.3 Å². The van der Waals surface area contributed by atoms with E-state index < -0.39 is 0 Å². The summed E-state index contributed by atoms with van der Waals surface area (Å²) in [6, 6.07) is 0.614. The number of nitrogens with one attached hydrogen (secondary N) is 1. The van der Waals surface area contributed by atoms with E-state index in [1.54, 1.807) is 0 Å². The average molecular weight is 225 g/mol. The molecule has 0 amide bonds. The van der Waals surface area contributed by atoms with Gasteiger partial charge in [-0.15, -0.1) is 0 Å². The number of ether oxygens (including phenoxy) is 1. The van der Waals surface area contributed by atoms with Crippen molar-refractivity contribution in [3.05, 3.63) is 0 Å². The fraction of sp³-hybridized carbons (Fsp3) is 1.00. The lowest BCUT2D eigenvalue weighted by Crippen LogP contribution is -2.44. The van der Waals surface area contributed by atoms with E-state index in [2.05, 4.69) is 19.2 Å². The second-order valence-corrected chi connectivity index (χ2v) is 5.45. The molecule has 16 heavy (non-hydrogen) atoms. The van der Waals surface area contributed by atoms with Gasteiger partial charge < -0.3 is 10.1 Å². The maximum absolute atomic E-state index is 5.99. The smallest absolute Gasteiger partial charge is 0.0756 e. The molecule has 0 spiro atoms. The van der Waals surface area contributed by atoms with Crippen LogP contribution in [-0.4, -0.2) is 25.3 Å². The summed E-state index contributed by atoms with van der Waals surface area (Å²) in [6.07, 6.45) is 8.96. The lowest BCUT2D eigenvalue weighted by atomic mass is 9.79. The molecule has 0 aromatic carbocycles. The fourth-order valence-electron chi connectivity index (χ4n) is 2.88. The van der Waals surface area contributed by atoms with E-state index in [-0.39, 0.29) is 0 Å². The first-order valence-electron chi connectivity index (χ1n) is 7.20. The summed E-state index contributed by atoms with van der Waals surface area (Å²) in [4.78, 5) is 0. The van der Waals surface area contributed by atoms with E-state index in [9.17, 15) is 0 Å². The average Bonchev–Trinajstić information content (AvgIpc) is 3.02. The Morgan fingerprint density at radius 3 is 2.38 bits per heavy atom. The summed E-state index contributed by atoms with van der Waals surface area (Å²) in [5.41, 5.74) is 0. The summed E-state index contributed by atoms with van der Waals surface area (Å²) in [7, 11) is 0. The predicted octanol–water partition coefficient (Wildman–Crippen LogP) is 2.97. The molecular weight excluding hydrogens is 198 g/mol. The van der Waals surface area contributed by atoms with Crippen molar-refractivity contribution < 1.29 is 4.74 Å². The van der Waals surface area contributed by atoms with Crippen molar-refractivity contribution in [3.8, 4) is 0 Å². The standard InChI is InChI=1S/C14H27NO/c1-3-15-13(10-11-6-5-7-11)14(16-4-2)12-8-9-12/h11-15H,3-10H2,1-2H3. The van der Waals surface area contributed by atoms with Crippen LogP contribution in [0.3, 0.4) is 0 Å². The molecule has 2 heteroatoms. The molecule has 0 radical (unpaired) electrons. The molecule has 2 nitrogen and oxygen atoms in total. The van der Waals surface area contributed by atoms with Crippen LogP contribution in [0.4, 0.5) is 0 Å². The van der Waals surface area contributed by atoms with Crippen molar-refractivity contribution in [1.29, 1.82) is 0 Å². The molecule has 2 rings (SSSR count). The molecule has 2 aliphatic carbocycles. The molecule has 2 fully saturated rings. The predicted molar refractivity (Wildman–Crippen MR) is 67.6 cm³/mol. The van der Waals surface area contributed by atoms with Gasteiger partial charge in [0.05, 0.1) is 6.10 Å². The lowest BCUT2D eigenvalue weighted by molar-refractivity contribution is 0.00959. The minimum atomic E-state index is 0.491. The van der Waals surface area contributed by atoms with Gasteiger partial charge in [0.15, 0.2) is 0 Å². The Labute approximate surface area is 100 Å². The van der Waals surface area contributed by atoms with E-state index >= 15 is 0 Å². The third-order valence-corrected chi connectivity index (χ3v) is 4.12. The molecular formula is C14H27NO. The van der Waals surface area contributed by atoms with Crippen molar-refractivity contribution >= 4 is 0 Å². The number of hydrogen-bond donors (Lipinski definition) is 1. The zero-order valence-electron chi connectivity index (χ0n) is 10.9. The molecule has 94 valence electrons. The normalized spacial score (nSPS) is 25.1. The molecule has 2 aliphatic rings. The van der Waals surface area contributed by atoms with Crippen LogP contribution in [0, 0.1) is 11.8 Å². The molecule has 2 saturated carbocycles. The van der Waals surface area contributed by atoms with E-state index in [1.165, 1.54) is 38.5 Å². The highest BCUT2D eigenvalue weighted by Crippen LogP contribution is 2.39. The summed E-state index contributed by atoms with van der Waals surface area (Å²) in [5, 5.41) is 3.66. The van der Waals surface area contributed by atoms with Gasteiger partial charge in [-0.05, 0) is 44.6 Å². The molecule has 2 unspecified atom stereocenters. The Bertz CT molecular complexity index is 199. The van der Waals surface area contributed by atoms with Gasteiger partial charge in [0.2, 0.25) is 0 Å². The maximum atomic E-state index is 5.99. The van der Waals surface area contributed by atoms with Gasteiger partial charge in [0.25, 0.3) is 0 Å². The largest absolute Gasteiger partial charge is 0.377 e. The van der Waals surface area contributed by atoms with Gasteiger partial charge in [0, 0.05) is 12.6 Å². The second kappa shape index (κ2) is 6.02. The summed E-state index contributed by atoms with van der Waals surface area (Å²) >= 11 is 0. The van der Waals surface area contributed by atoms with Crippen LogP contribution < -0.4 is 5.32 Å². The van der Waals surface area contributed by atoms with Gasteiger partial charge in [-0.2, -0.15) is 0 Å². The third kappa shape index (κ3) is 3.21. The minimum Gasteiger partial charge on any atom is -0.377 e. The SMILES string of the molecule is CCNC(CC1CCC1)C(OCC)C1CC1. The summed E-state index contributed by atoms with van der Waals surface area (Å²) < 4.78 is 5.99. The summed E-state index contributed by atoms with van der Waals surface area (Å²) in [6.45, 7) is 6.28. The van der Waals surface area contributed by atoms with Crippen molar-refractivity contribution in [1.82, 2.24) is 5.32 Å². The lowest BCUT2D eigenvalue weighted by Gasteiger charge is -2.34. The number of rotatable bonds is 8. The van der Waals surface area contributed by atoms with Gasteiger partial charge in [-0.1, -0.05) is 26.2 Å². The molecule has 0 aromatic rings. The molecule has 2 atom stereocenters. The Kier molecular flexibility index (Phi) is 4.66. The highest BCUT2D eigenvalue weighted by molar-refractivity contribution is 4.92. The van der Waals surface area contributed by atoms with Crippen LogP contribution in [0.25, 0.3) is 0 Å². The van der Waals surface area contributed by atoms with Crippen LogP contribution in [0.1, 0.15) is 52.4 Å².